The van der Waals surface area contributed by atoms with Gasteiger partial charge in [-0.05, 0) is 27.7 Å². The van der Waals surface area contributed by atoms with Crippen LogP contribution < -0.4 is 5.32 Å². The fraction of sp³-hybridized carbons (Fsp3) is 0.727. The molecule has 0 spiro atoms. The van der Waals surface area contributed by atoms with Crippen LogP contribution in [0.4, 0.5) is 0 Å². The highest BCUT2D eigenvalue weighted by atomic mass is 16.2. The van der Waals surface area contributed by atoms with E-state index in [1.165, 1.54) is 0 Å². The van der Waals surface area contributed by atoms with Crippen LogP contribution in [0.15, 0.2) is 11.6 Å². The summed E-state index contributed by atoms with van der Waals surface area (Å²) in [5.74, 6) is 0.144. The summed E-state index contributed by atoms with van der Waals surface area (Å²) in [6.07, 6.45) is 1.71. The van der Waals surface area contributed by atoms with Crippen LogP contribution in [0.3, 0.4) is 0 Å². The summed E-state index contributed by atoms with van der Waals surface area (Å²) in [5, 5.41) is 3.40. The largest absolute Gasteiger partial charge is 0.336 e. The molecule has 1 amide bonds. The average molecular weight is 196 g/mol. The Kier molecular flexibility index (Phi) is 3.69. The van der Waals surface area contributed by atoms with E-state index in [0.717, 1.165) is 18.7 Å². The first-order valence-corrected chi connectivity index (χ1v) is 5.19. The van der Waals surface area contributed by atoms with Gasteiger partial charge < -0.3 is 10.2 Å². The molecule has 1 rings (SSSR count). The van der Waals surface area contributed by atoms with E-state index >= 15 is 0 Å². The third-order valence-corrected chi connectivity index (χ3v) is 2.28. The molecule has 1 aliphatic rings. The second-order valence-electron chi connectivity index (χ2n) is 4.43. The Labute approximate surface area is 86.2 Å². The van der Waals surface area contributed by atoms with Crippen molar-refractivity contribution in [3.63, 3.8) is 0 Å². The predicted octanol–water partition coefficient (Wildman–Crippen LogP) is 1.16. The lowest BCUT2D eigenvalue weighted by molar-refractivity contribution is -0.127. The summed E-state index contributed by atoms with van der Waals surface area (Å²) >= 11 is 0. The molecule has 0 aliphatic carbocycles. The lowest BCUT2D eigenvalue weighted by Gasteiger charge is -2.35. The molecule has 1 aliphatic heterocycles. The van der Waals surface area contributed by atoms with Crippen LogP contribution in [0.2, 0.25) is 0 Å². The highest BCUT2D eigenvalue weighted by Gasteiger charge is 2.23. The van der Waals surface area contributed by atoms with E-state index in [1.54, 1.807) is 6.08 Å². The van der Waals surface area contributed by atoms with Gasteiger partial charge in [0.25, 0.3) is 0 Å². The second kappa shape index (κ2) is 4.60. The van der Waals surface area contributed by atoms with Crippen molar-refractivity contribution in [1.82, 2.24) is 10.2 Å². The van der Waals surface area contributed by atoms with Gasteiger partial charge in [0.1, 0.15) is 0 Å². The highest BCUT2D eigenvalue weighted by Crippen LogP contribution is 2.05. The van der Waals surface area contributed by atoms with E-state index in [0.29, 0.717) is 12.1 Å². The molecule has 3 heteroatoms. The molecule has 0 bridgehead atoms. The van der Waals surface area contributed by atoms with E-state index in [-0.39, 0.29) is 5.91 Å². The number of carbonyl (C=O) groups excluding carboxylic acids is 1. The number of allylic oxidation sites excluding steroid dienone is 1. The maximum atomic E-state index is 11.7. The molecule has 1 saturated heterocycles. The predicted molar refractivity (Wildman–Crippen MR) is 58.1 cm³/mol. The van der Waals surface area contributed by atoms with E-state index < -0.39 is 0 Å². The molecule has 80 valence electrons. The molecule has 2 unspecified atom stereocenters. The lowest BCUT2D eigenvalue weighted by Crippen LogP contribution is -2.55. The number of hydrogen-bond acceptors (Lipinski definition) is 2. The van der Waals surface area contributed by atoms with Gasteiger partial charge in [0, 0.05) is 31.2 Å². The molecular weight excluding hydrogens is 176 g/mol. The third kappa shape index (κ3) is 3.14. The highest BCUT2D eigenvalue weighted by molar-refractivity contribution is 5.88. The summed E-state index contributed by atoms with van der Waals surface area (Å²) in [6.45, 7) is 9.75. The Morgan fingerprint density at radius 2 is 1.79 bits per heavy atom. The summed E-state index contributed by atoms with van der Waals surface area (Å²) < 4.78 is 0. The Morgan fingerprint density at radius 3 is 2.21 bits per heavy atom. The van der Waals surface area contributed by atoms with Crippen molar-refractivity contribution in [2.24, 2.45) is 0 Å². The fourth-order valence-corrected chi connectivity index (χ4v) is 1.84. The number of nitrogens with one attached hydrogen (secondary N) is 1. The zero-order valence-corrected chi connectivity index (χ0v) is 9.50. The Bertz CT molecular complexity index is 234. The molecule has 0 aromatic heterocycles. The van der Waals surface area contributed by atoms with Crippen LogP contribution in [-0.4, -0.2) is 36.0 Å². The zero-order valence-electron chi connectivity index (χ0n) is 9.50. The van der Waals surface area contributed by atoms with Crippen molar-refractivity contribution in [1.29, 1.82) is 0 Å². The Morgan fingerprint density at radius 1 is 1.29 bits per heavy atom. The molecule has 0 aromatic carbocycles. The van der Waals surface area contributed by atoms with Crippen LogP contribution in [-0.2, 0) is 4.79 Å². The number of hydrogen-bond donors (Lipinski definition) is 1. The summed E-state index contributed by atoms with van der Waals surface area (Å²) in [7, 11) is 0. The summed E-state index contributed by atoms with van der Waals surface area (Å²) in [4.78, 5) is 13.6. The summed E-state index contributed by atoms with van der Waals surface area (Å²) in [5.41, 5.74) is 1.06. The van der Waals surface area contributed by atoms with E-state index in [9.17, 15) is 4.79 Å². The van der Waals surface area contributed by atoms with Crippen molar-refractivity contribution < 1.29 is 4.79 Å². The van der Waals surface area contributed by atoms with E-state index in [1.807, 2.05) is 18.7 Å². The first-order valence-electron chi connectivity index (χ1n) is 5.19. The third-order valence-electron chi connectivity index (χ3n) is 2.28. The molecular formula is C11H20N2O. The van der Waals surface area contributed by atoms with Gasteiger partial charge in [-0.2, -0.15) is 0 Å². The van der Waals surface area contributed by atoms with Gasteiger partial charge in [0.15, 0.2) is 0 Å². The van der Waals surface area contributed by atoms with Crippen molar-refractivity contribution in [2.45, 2.75) is 39.8 Å². The molecule has 1 heterocycles. The van der Waals surface area contributed by atoms with Gasteiger partial charge >= 0.3 is 0 Å². The molecule has 3 nitrogen and oxygen atoms in total. The van der Waals surface area contributed by atoms with E-state index in [4.69, 9.17) is 0 Å². The second-order valence-corrected chi connectivity index (χ2v) is 4.43. The summed E-state index contributed by atoms with van der Waals surface area (Å²) in [6, 6.07) is 0.793. The smallest absolute Gasteiger partial charge is 0.246 e. The molecule has 0 radical (unpaired) electrons. The Hall–Kier alpha value is -0.830. The number of carbonyl (C=O) groups is 1. The van der Waals surface area contributed by atoms with Gasteiger partial charge in [0.05, 0.1) is 0 Å². The minimum atomic E-state index is 0.144. The maximum Gasteiger partial charge on any atom is 0.246 e. The Balaban J connectivity index is 2.59. The number of rotatable bonds is 1. The van der Waals surface area contributed by atoms with Gasteiger partial charge in [-0.25, -0.2) is 0 Å². The first kappa shape index (κ1) is 11.2. The number of amides is 1. The van der Waals surface area contributed by atoms with Gasteiger partial charge in [0.2, 0.25) is 5.91 Å². The van der Waals surface area contributed by atoms with Crippen molar-refractivity contribution in [3.8, 4) is 0 Å². The fourth-order valence-electron chi connectivity index (χ4n) is 1.84. The van der Waals surface area contributed by atoms with Crippen LogP contribution in [0.1, 0.15) is 27.7 Å². The van der Waals surface area contributed by atoms with Crippen molar-refractivity contribution >= 4 is 5.91 Å². The SMILES string of the molecule is CC(C)=CC(=O)N1CC(C)NC(C)C1. The van der Waals surface area contributed by atoms with Crippen LogP contribution in [0, 0.1) is 0 Å². The lowest BCUT2D eigenvalue weighted by atomic mass is 10.1. The van der Waals surface area contributed by atoms with Gasteiger partial charge in [-0.1, -0.05) is 5.57 Å². The molecule has 1 fully saturated rings. The minimum Gasteiger partial charge on any atom is -0.336 e. The standard InChI is InChI=1S/C11H20N2O/c1-8(2)5-11(14)13-6-9(3)12-10(4)7-13/h5,9-10,12H,6-7H2,1-4H3. The topological polar surface area (TPSA) is 32.3 Å². The van der Waals surface area contributed by atoms with Crippen LogP contribution in [0.25, 0.3) is 0 Å². The van der Waals surface area contributed by atoms with E-state index in [2.05, 4.69) is 19.2 Å². The van der Waals surface area contributed by atoms with Crippen LogP contribution in [0.5, 0.6) is 0 Å². The number of piperazine rings is 1. The molecule has 1 N–H and O–H groups in total. The van der Waals surface area contributed by atoms with Crippen LogP contribution >= 0.6 is 0 Å². The molecule has 2 atom stereocenters. The molecule has 0 saturated carbocycles. The maximum absolute atomic E-state index is 11.7. The number of nitrogens with zero attached hydrogens (tertiary/aromatic N) is 1. The molecule has 0 aromatic rings. The monoisotopic (exact) mass is 196 g/mol. The van der Waals surface area contributed by atoms with Crippen molar-refractivity contribution in [2.75, 3.05) is 13.1 Å². The van der Waals surface area contributed by atoms with Crippen molar-refractivity contribution in [3.05, 3.63) is 11.6 Å². The first-order chi connectivity index (χ1) is 6.49. The molecule has 14 heavy (non-hydrogen) atoms. The van der Waals surface area contributed by atoms with Gasteiger partial charge in [-0.3, -0.25) is 4.79 Å². The quantitative estimate of drug-likeness (QED) is 0.638. The van der Waals surface area contributed by atoms with Gasteiger partial charge in [-0.15, -0.1) is 0 Å². The normalized spacial score (nSPS) is 27.3. The zero-order chi connectivity index (χ0) is 10.7. The minimum absolute atomic E-state index is 0.144. The average Bonchev–Trinajstić information content (AvgIpc) is 2.00.